The summed E-state index contributed by atoms with van der Waals surface area (Å²) in [5, 5.41) is 0. The van der Waals surface area contributed by atoms with E-state index >= 15 is 0 Å². The molecule has 90 valence electrons. The molecule has 1 aliphatic rings. The van der Waals surface area contributed by atoms with Crippen molar-refractivity contribution in [3.63, 3.8) is 0 Å². The van der Waals surface area contributed by atoms with Crippen molar-refractivity contribution in [3.8, 4) is 0 Å². The second kappa shape index (κ2) is 4.41. The van der Waals surface area contributed by atoms with Crippen LogP contribution in [0.5, 0.6) is 0 Å². The van der Waals surface area contributed by atoms with Gasteiger partial charge in [0.1, 0.15) is 0 Å². The van der Waals surface area contributed by atoms with Gasteiger partial charge in [-0.2, -0.15) is 0 Å². The second-order valence-electron chi connectivity index (χ2n) is 5.09. The van der Waals surface area contributed by atoms with E-state index in [1.165, 1.54) is 5.56 Å². The van der Waals surface area contributed by atoms with Crippen LogP contribution in [0.15, 0.2) is 54.6 Å². The number of Topliss-reactive ketones (excluding diaryl/α,β-unsaturated/α-hetero) is 1. The van der Waals surface area contributed by atoms with Crippen molar-refractivity contribution < 1.29 is 4.79 Å². The van der Waals surface area contributed by atoms with Gasteiger partial charge in [-0.25, -0.2) is 0 Å². The highest BCUT2D eigenvalue weighted by Crippen LogP contribution is 2.36. The molecule has 0 spiro atoms. The Morgan fingerprint density at radius 2 is 1.61 bits per heavy atom. The summed E-state index contributed by atoms with van der Waals surface area (Å²) in [6.45, 7) is 2.17. The first-order valence-electron chi connectivity index (χ1n) is 6.44. The number of rotatable bonds is 1. The average molecular weight is 236 g/mol. The molecule has 3 rings (SSSR count). The summed E-state index contributed by atoms with van der Waals surface area (Å²) in [5.41, 5.74) is 3.25. The molecule has 2 aromatic rings. The molecular formula is C17H16O. The zero-order chi connectivity index (χ0) is 12.5. The van der Waals surface area contributed by atoms with Gasteiger partial charge in [0, 0.05) is 5.56 Å². The molecule has 0 N–H and O–H groups in total. The molecule has 2 atom stereocenters. The monoisotopic (exact) mass is 236 g/mol. The van der Waals surface area contributed by atoms with Crippen LogP contribution in [0, 0.1) is 5.92 Å². The van der Waals surface area contributed by atoms with E-state index < -0.39 is 0 Å². The minimum Gasteiger partial charge on any atom is -0.293 e. The summed E-state index contributed by atoms with van der Waals surface area (Å²) < 4.78 is 0. The number of hydrogen-bond donors (Lipinski definition) is 0. The van der Waals surface area contributed by atoms with Gasteiger partial charge in [-0.15, -0.1) is 0 Å². The minimum atomic E-state index is 0.0149. The Bertz CT molecular complexity index is 571. The molecule has 0 fully saturated rings. The van der Waals surface area contributed by atoms with Crippen LogP contribution < -0.4 is 0 Å². The van der Waals surface area contributed by atoms with Gasteiger partial charge < -0.3 is 0 Å². The van der Waals surface area contributed by atoms with Crippen molar-refractivity contribution in [1.82, 2.24) is 0 Å². The highest BCUT2D eigenvalue weighted by Gasteiger charge is 2.33. The molecule has 1 aliphatic carbocycles. The predicted molar refractivity (Wildman–Crippen MR) is 72.8 cm³/mol. The second-order valence-corrected chi connectivity index (χ2v) is 5.09. The molecule has 0 radical (unpaired) electrons. The molecule has 0 aliphatic heterocycles. The molecule has 2 unspecified atom stereocenters. The van der Waals surface area contributed by atoms with E-state index in [1.807, 2.05) is 36.4 Å². The maximum atomic E-state index is 12.6. The van der Waals surface area contributed by atoms with Gasteiger partial charge in [0.15, 0.2) is 5.78 Å². The smallest absolute Gasteiger partial charge is 0.170 e. The third-order valence-corrected chi connectivity index (χ3v) is 3.83. The maximum Gasteiger partial charge on any atom is 0.170 e. The van der Waals surface area contributed by atoms with E-state index in [0.29, 0.717) is 5.92 Å². The molecule has 0 aromatic heterocycles. The predicted octanol–water partition coefficient (Wildman–Crippen LogP) is 3.85. The normalized spacial score (nSPS) is 22.6. The number of fused-ring (bicyclic) bond motifs is 1. The van der Waals surface area contributed by atoms with Crippen LogP contribution in [0.25, 0.3) is 0 Å². The maximum absolute atomic E-state index is 12.6. The Morgan fingerprint density at radius 3 is 2.39 bits per heavy atom. The fraction of sp³-hybridized carbons (Fsp3) is 0.235. The lowest BCUT2D eigenvalue weighted by atomic mass is 9.73. The fourth-order valence-corrected chi connectivity index (χ4v) is 2.97. The Labute approximate surface area is 107 Å². The summed E-state index contributed by atoms with van der Waals surface area (Å²) in [6, 6.07) is 18.1. The first kappa shape index (κ1) is 11.2. The highest BCUT2D eigenvalue weighted by atomic mass is 16.1. The van der Waals surface area contributed by atoms with Gasteiger partial charge in [-0.3, -0.25) is 4.79 Å². The fourth-order valence-electron chi connectivity index (χ4n) is 2.97. The molecule has 1 heteroatoms. The lowest BCUT2D eigenvalue weighted by Crippen LogP contribution is -2.28. The van der Waals surface area contributed by atoms with Gasteiger partial charge in [0.25, 0.3) is 0 Å². The third kappa shape index (κ3) is 1.76. The standard InChI is InChI=1S/C17H16O/c1-12-11-14-9-5-6-10-15(14)17(18)16(12)13-7-3-2-4-8-13/h2-10,12,16H,11H2,1H3. The number of ketones is 1. The van der Waals surface area contributed by atoms with Gasteiger partial charge in [-0.1, -0.05) is 61.5 Å². The Kier molecular flexibility index (Phi) is 2.75. The van der Waals surface area contributed by atoms with E-state index in [0.717, 1.165) is 17.5 Å². The lowest BCUT2D eigenvalue weighted by Gasteiger charge is -2.29. The van der Waals surface area contributed by atoms with Crippen LogP contribution in [0.3, 0.4) is 0 Å². The van der Waals surface area contributed by atoms with E-state index in [1.54, 1.807) is 0 Å². The number of hydrogen-bond acceptors (Lipinski definition) is 1. The molecule has 0 saturated heterocycles. The van der Waals surface area contributed by atoms with Gasteiger partial charge in [-0.05, 0) is 23.5 Å². The van der Waals surface area contributed by atoms with Crippen molar-refractivity contribution in [2.75, 3.05) is 0 Å². The zero-order valence-corrected chi connectivity index (χ0v) is 10.5. The first-order chi connectivity index (χ1) is 8.77. The number of benzene rings is 2. The van der Waals surface area contributed by atoms with Crippen molar-refractivity contribution >= 4 is 5.78 Å². The molecular weight excluding hydrogens is 220 g/mol. The summed E-state index contributed by atoms with van der Waals surface area (Å²) >= 11 is 0. The molecule has 2 aromatic carbocycles. The van der Waals surface area contributed by atoms with Crippen molar-refractivity contribution in [2.45, 2.75) is 19.3 Å². The lowest BCUT2D eigenvalue weighted by molar-refractivity contribution is 0.0920. The Balaban J connectivity index is 2.06. The molecule has 0 amide bonds. The van der Waals surface area contributed by atoms with Gasteiger partial charge in [0.2, 0.25) is 0 Å². The topological polar surface area (TPSA) is 17.1 Å². The molecule has 0 saturated carbocycles. The largest absolute Gasteiger partial charge is 0.293 e. The van der Waals surface area contributed by atoms with E-state index in [4.69, 9.17) is 0 Å². The first-order valence-corrected chi connectivity index (χ1v) is 6.44. The van der Waals surface area contributed by atoms with E-state index in [2.05, 4.69) is 25.1 Å². The van der Waals surface area contributed by atoms with Crippen LogP contribution in [0.1, 0.15) is 34.3 Å². The van der Waals surface area contributed by atoms with Crippen LogP contribution in [-0.2, 0) is 6.42 Å². The van der Waals surface area contributed by atoms with E-state index in [-0.39, 0.29) is 11.7 Å². The minimum absolute atomic E-state index is 0.0149. The quantitative estimate of drug-likeness (QED) is 0.735. The average Bonchev–Trinajstić information content (AvgIpc) is 2.40. The Hall–Kier alpha value is -1.89. The number of carbonyl (C=O) groups is 1. The van der Waals surface area contributed by atoms with Crippen LogP contribution in [0.2, 0.25) is 0 Å². The van der Waals surface area contributed by atoms with Crippen molar-refractivity contribution in [3.05, 3.63) is 71.3 Å². The summed E-state index contributed by atoms with van der Waals surface area (Å²) in [7, 11) is 0. The summed E-state index contributed by atoms with van der Waals surface area (Å²) in [5.74, 6) is 0.659. The molecule has 1 nitrogen and oxygen atoms in total. The molecule has 0 heterocycles. The van der Waals surface area contributed by atoms with Gasteiger partial charge in [0.05, 0.1) is 5.92 Å². The third-order valence-electron chi connectivity index (χ3n) is 3.83. The van der Waals surface area contributed by atoms with Crippen molar-refractivity contribution in [1.29, 1.82) is 0 Å². The zero-order valence-electron chi connectivity index (χ0n) is 10.5. The van der Waals surface area contributed by atoms with Crippen LogP contribution >= 0.6 is 0 Å². The molecule has 0 bridgehead atoms. The Morgan fingerprint density at radius 1 is 0.944 bits per heavy atom. The van der Waals surface area contributed by atoms with Crippen LogP contribution in [0.4, 0.5) is 0 Å². The van der Waals surface area contributed by atoms with Crippen LogP contribution in [-0.4, -0.2) is 5.78 Å². The summed E-state index contributed by atoms with van der Waals surface area (Å²) in [6.07, 6.45) is 0.988. The SMILES string of the molecule is CC1Cc2ccccc2C(=O)C1c1ccccc1. The highest BCUT2D eigenvalue weighted by molar-refractivity contribution is 6.03. The molecule has 18 heavy (non-hydrogen) atoms. The van der Waals surface area contributed by atoms with E-state index in [9.17, 15) is 4.79 Å². The van der Waals surface area contributed by atoms with Gasteiger partial charge >= 0.3 is 0 Å². The summed E-state index contributed by atoms with van der Waals surface area (Å²) in [4.78, 5) is 12.6. The number of carbonyl (C=O) groups excluding carboxylic acids is 1. The van der Waals surface area contributed by atoms with Crippen molar-refractivity contribution in [2.24, 2.45) is 5.92 Å².